The summed E-state index contributed by atoms with van der Waals surface area (Å²) in [6, 6.07) is 3.69. The second-order valence-corrected chi connectivity index (χ2v) is 4.25. The lowest BCUT2D eigenvalue weighted by atomic mass is 10.2. The van der Waals surface area contributed by atoms with E-state index in [1.807, 2.05) is 0 Å². The molecule has 0 aromatic heterocycles. The molecule has 0 radical (unpaired) electrons. The topological polar surface area (TPSA) is 29.5 Å². The first-order chi connectivity index (χ1) is 8.37. The van der Waals surface area contributed by atoms with E-state index in [1.165, 1.54) is 17.0 Å². The molecule has 1 aliphatic heterocycles. The lowest BCUT2D eigenvalue weighted by Gasteiger charge is -2.20. The molecule has 0 spiro atoms. The average molecular weight is 280 g/mol. The maximum absolute atomic E-state index is 12.2. The number of alkyl halides is 3. The summed E-state index contributed by atoms with van der Waals surface area (Å²) in [7, 11) is 0. The summed E-state index contributed by atoms with van der Waals surface area (Å²) in [5.74, 6) is -0.647. The van der Waals surface area contributed by atoms with Crippen molar-refractivity contribution in [3.8, 4) is 5.75 Å². The van der Waals surface area contributed by atoms with Crippen LogP contribution in [0.2, 0.25) is 5.02 Å². The van der Waals surface area contributed by atoms with Gasteiger partial charge in [0.05, 0.1) is 5.69 Å². The van der Waals surface area contributed by atoms with E-state index in [9.17, 15) is 18.0 Å². The smallest absolute Gasteiger partial charge is 0.404 e. The van der Waals surface area contributed by atoms with Gasteiger partial charge in [-0.25, -0.2) is 0 Å². The Labute approximate surface area is 106 Å². The van der Waals surface area contributed by atoms with Crippen molar-refractivity contribution in [3.63, 3.8) is 0 Å². The number of nitrogens with zero attached hydrogens (tertiary/aromatic N) is 1. The van der Waals surface area contributed by atoms with Crippen LogP contribution < -0.4 is 9.64 Å². The first-order valence-electron chi connectivity index (χ1n) is 5.22. The summed E-state index contributed by atoms with van der Waals surface area (Å²) >= 11 is 5.74. The molecule has 0 aliphatic carbocycles. The van der Waals surface area contributed by atoms with Crippen LogP contribution in [0.4, 0.5) is 18.9 Å². The van der Waals surface area contributed by atoms with Gasteiger partial charge in [0, 0.05) is 18.0 Å². The van der Waals surface area contributed by atoms with Gasteiger partial charge in [0.25, 0.3) is 0 Å². The normalized spacial score (nSPS) is 16.2. The fourth-order valence-corrected chi connectivity index (χ4v) is 1.98. The Morgan fingerprint density at radius 3 is 2.61 bits per heavy atom. The number of hydrogen-bond acceptors (Lipinski definition) is 2. The first-order valence-corrected chi connectivity index (χ1v) is 5.60. The van der Waals surface area contributed by atoms with Crippen molar-refractivity contribution in [3.05, 3.63) is 23.2 Å². The summed E-state index contributed by atoms with van der Waals surface area (Å²) in [4.78, 5) is 12.8. The number of carbonyl (C=O) groups excluding carboxylic acids is 1. The highest BCUT2D eigenvalue weighted by Crippen LogP contribution is 2.36. The van der Waals surface area contributed by atoms with Crippen LogP contribution in [-0.2, 0) is 4.79 Å². The number of ether oxygens (including phenoxy) is 1. The highest BCUT2D eigenvalue weighted by molar-refractivity contribution is 6.31. The van der Waals surface area contributed by atoms with Crippen LogP contribution in [0.25, 0.3) is 0 Å². The Balaban J connectivity index is 2.37. The number of benzene rings is 1. The molecule has 1 saturated heterocycles. The van der Waals surface area contributed by atoms with Crippen LogP contribution in [0.15, 0.2) is 18.2 Å². The molecule has 0 bridgehead atoms. The zero-order chi connectivity index (χ0) is 13.3. The van der Waals surface area contributed by atoms with Crippen LogP contribution in [0.1, 0.15) is 12.8 Å². The molecule has 1 amide bonds. The summed E-state index contributed by atoms with van der Waals surface area (Å²) in [6.45, 7) is 0.368. The predicted molar refractivity (Wildman–Crippen MR) is 59.7 cm³/mol. The van der Waals surface area contributed by atoms with Crippen molar-refractivity contribution in [2.45, 2.75) is 19.2 Å². The number of anilines is 1. The average Bonchev–Trinajstić information content (AvgIpc) is 2.65. The molecular weight excluding hydrogens is 271 g/mol. The Morgan fingerprint density at radius 2 is 2.06 bits per heavy atom. The highest BCUT2D eigenvalue weighted by Gasteiger charge is 2.34. The third-order valence-corrected chi connectivity index (χ3v) is 2.75. The van der Waals surface area contributed by atoms with Crippen LogP contribution in [0.5, 0.6) is 5.75 Å². The summed E-state index contributed by atoms with van der Waals surface area (Å²) in [6.07, 6.45) is -3.87. The summed E-state index contributed by atoms with van der Waals surface area (Å²) in [5.41, 5.74) is 0.0577. The van der Waals surface area contributed by atoms with E-state index < -0.39 is 12.1 Å². The summed E-state index contributed by atoms with van der Waals surface area (Å²) in [5, 5.41) is 0.249. The molecule has 3 nitrogen and oxygen atoms in total. The van der Waals surface area contributed by atoms with Gasteiger partial charge < -0.3 is 9.64 Å². The minimum atomic E-state index is -4.80. The van der Waals surface area contributed by atoms with Crippen molar-refractivity contribution in [1.29, 1.82) is 0 Å². The van der Waals surface area contributed by atoms with Gasteiger partial charge in [0.15, 0.2) is 5.75 Å². The van der Waals surface area contributed by atoms with Crippen LogP contribution in [0, 0.1) is 0 Å². The van der Waals surface area contributed by atoms with Gasteiger partial charge in [-0.2, -0.15) is 0 Å². The lowest BCUT2D eigenvalue weighted by Crippen LogP contribution is -2.26. The standard InChI is InChI=1S/C11H9ClF3NO2/c12-7-3-4-9(18-11(13,14)15)8(6-7)16-5-1-2-10(16)17/h3-4,6H,1-2,5H2. The molecule has 0 atom stereocenters. The molecule has 1 aliphatic rings. The lowest BCUT2D eigenvalue weighted by molar-refractivity contribution is -0.274. The number of halogens is 4. The molecule has 18 heavy (non-hydrogen) atoms. The fraction of sp³-hybridized carbons (Fsp3) is 0.364. The van der Waals surface area contributed by atoms with Gasteiger partial charge in [-0.15, -0.1) is 13.2 Å². The first kappa shape index (κ1) is 13.0. The summed E-state index contributed by atoms with van der Waals surface area (Å²) < 4.78 is 40.6. The maximum Gasteiger partial charge on any atom is 0.573 e. The van der Waals surface area contributed by atoms with E-state index in [4.69, 9.17) is 11.6 Å². The largest absolute Gasteiger partial charge is 0.573 e. The molecule has 1 aromatic carbocycles. The molecule has 1 aromatic rings. The third kappa shape index (κ3) is 2.87. The van der Waals surface area contributed by atoms with Crippen molar-refractivity contribution in [1.82, 2.24) is 0 Å². The van der Waals surface area contributed by atoms with Gasteiger partial charge in [-0.3, -0.25) is 4.79 Å². The molecule has 1 fully saturated rings. The van der Waals surface area contributed by atoms with Gasteiger partial charge >= 0.3 is 6.36 Å². The molecular formula is C11H9ClF3NO2. The van der Waals surface area contributed by atoms with Gasteiger partial charge in [-0.1, -0.05) is 11.6 Å². The Morgan fingerprint density at radius 1 is 1.33 bits per heavy atom. The maximum atomic E-state index is 12.2. The molecule has 0 unspecified atom stereocenters. The zero-order valence-electron chi connectivity index (χ0n) is 9.13. The zero-order valence-corrected chi connectivity index (χ0v) is 9.88. The van der Waals surface area contributed by atoms with Crippen molar-refractivity contribution in [2.24, 2.45) is 0 Å². The van der Waals surface area contributed by atoms with E-state index >= 15 is 0 Å². The Kier molecular flexibility index (Phi) is 3.38. The van der Waals surface area contributed by atoms with E-state index in [1.54, 1.807) is 0 Å². The van der Waals surface area contributed by atoms with Crippen LogP contribution >= 0.6 is 11.6 Å². The van der Waals surface area contributed by atoms with E-state index in [0.29, 0.717) is 19.4 Å². The molecule has 0 N–H and O–H groups in total. The monoisotopic (exact) mass is 279 g/mol. The second kappa shape index (κ2) is 4.68. The molecule has 7 heteroatoms. The van der Waals surface area contributed by atoms with Crippen molar-refractivity contribution >= 4 is 23.2 Å². The minimum absolute atomic E-state index is 0.0577. The van der Waals surface area contributed by atoms with E-state index in [2.05, 4.69) is 4.74 Å². The minimum Gasteiger partial charge on any atom is -0.404 e. The Hall–Kier alpha value is -1.43. The number of hydrogen-bond donors (Lipinski definition) is 0. The van der Waals surface area contributed by atoms with Crippen LogP contribution in [0.3, 0.4) is 0 Å². The molecule has 0 saturated carbocycles. The fourth-order valence-electron chi connectivity index (χ4n) is 1.82. The van der Waals surface area contributed by atoms with E-state index in [0.717, 1.165) is 6.07 Å². The van der Waals surface area contributed by atoms with Gasteiger partial charge in [-0.05, 0) is 24.6 Å². The second-order valence-electron chi connectivity index (χ2n) is 3.81. The third-order valence-electron chi connectivity index (χ3n) is 2.51. The Bertz CT molecular complexity index is 476. The van der Waals surface area contributed by atoms with Gasteiger partial charge in [0.1, 0.15) is 0 Å². The van der Waals surface area contributed by atoms with Gasteiger partial charge in [0.2, 0.25) is 5.91 Å². The molecule has 98 valence electrons. The molecule has 2 rings (SSSR count). The SMILES string of the molecule is O=C1CCCN1c1cc(Cl)ccc1OC(F)(F)F. The van der Waals surface area contributed by atoms with E-state index in [-0.39, 0.29) is 16.6 Å². The number of amides is 1. The highest BCUT2D eigenvalue weighted by atomic mass is 35.5. The number of rotatable bonds is 2. The van der Waals surface area contributed by atoms with Crippen molar-refractivity contribution in [2.75, 3.05) is 11.4 Å². The van der Waals surface area contributed by atoms with Crippen LogP contribution in [-0.4, -0.2) is 18.8 Å². The predicted octanol–water partition coefficient (Wildman–Crippen LogP) is 3.37. The van der Waals surface area contributed by atoms with Crippen molar-refractivity contribution < 1.29 is 22.7 Å². The molecule has 1 heterocycles. The quantitative estimate of drug-likeness (QED) is 0.831. The number of carbonyl (C=O) groups is 1.